The molecule has 0 unspecified atom stereocenters. The van der Waals surface area contributed by atoms with E-state index in [0.717, 1.165) is 25.7 Å². The number of methoxy groups -OCH3 is 2. The number of unbranched alkanes of at least 4 members (excludes halogenated alkanes) is 1. The molecule has 1 aromatic heterocycles. The van der Waals surface area contributed by atoms with Crippen LogP contribution in [0.1, 0.15) is 48.7 Å². The summed E-state index contributed by atoms with van der Waals surface area (Å²) < 4.78 is 11.2. The molecule has 8 heteroatoms. The maximum absolute atomic E-state index is 13.6. The summed E-state index contributed by atoms with van der Waals surface area (Å²) in [4.78, 5) is 33.5. The average molecular weight is 494 g/mol. The van der Waals surface area contributed by atoms with E-state index in [9.17, 15) is 14.7 Å². The highest BCUT2D eigenvalue weighted by Gasteiger charge is 2.31. The van der Waals surface area contributed by atoms with E-state index in [-0.39, 0.29) is 11.3 Å². The molecule has 192 valence electrons. The summed E-state index contributed by atoms with van der Waals surface area (Å²) in [5, 5.41) is 11.5. The molecule has 4 rings (SSSR count). The summed E-state index contributed by atoms with van der Waals surface area (Å²) >= 11 is 0. The van der Waals surface area contributed by atoms with Crippen LogP contribution in [0.15, 0.2) is 46.9 Å². The van der Waals surface area contributed by atoms with Crippen molar-refractivity contribution in [3.63, 3.8) is 0 Å². The summed E-state index contributed by atoms with van der Waals surface area (Å²) in [6.07, 6.45) is 10.8. The molecule has 36 heavy (non-hydrogen) atoms. The predicted molar refractivity (Wildman–Crippen MR) is 140 cm³/mol. The molecular weight excluding hydrogens is 458 g/mol. The van der Waals surface area contributed by atoms with Crippen LogP contribution in [0.5, 0.6) is 17.2 Å². The van der Waals surface area contributed by atoms with Gasteiger partial charge in [0, 0.05) is 37.6 Å². The molecule has 1 aromatic carbocycles. The number of nitrogens with zero attached hydrogens (tertiary/aromatic N) is 2. The van der Waals surface area contributed by atoms with E-state index in [2.05, 4.69) is 35.0 Å². The number of amides is 1. The SMILES string of the molecule is CCCCc1[nH]c(=O)c(C(=O)N2CCN(C3=CCCC=C3)CC2)c(O)c1-c1c(OC)cccc1OC. The molecule has 2 aliphatic rings. The highest BCUT2D eigenvalue weighted by Crippen LogP contribution is 2.44. The Morgan fingerprint density at radius 2 is 1.75 bits per heavy atom. The molecule has 1 aliphatic heterocycles. The van der Waals surface area contributed by atoms with Gasteiger partial charge in [-0.1, -0.05) is 31.6 Å². The van der Waals surface area contributed by atoms with Crippen LogP contribution in [-0.4, -0.2) is 66.2 Å². The fraction of sp³-hybridized carbons (Fsp3) is 0.429. The number of H-pyrrole nitrogens is 1. The number of aromatic hydroxyl groups is 1. The third-order valence-electron chi connectivity index (χ3n) is 6.85. The largest absolute Gasteiger partial charge is 0.506 e. The van der Waals surface area contributed by atoms with Gasteiger partial charge in [-0.3, -0.25) is 9.59 Å². The second kappa shape index (κ2) is 11.4. The van der Waals surface area contributed by atoms with E-state index in [1.165, 1.54) is 19.9 Å². The zero-order chi connectivity index (χ0) is 25.7. The highest BCUT2D eigenvalue weighted by atomic mass is 16.5. The van der Waals surface area contributed by atoms with E-state index in [1.807, 2.05) is 0 Å². The van der Waals surface area contributed by atoms with Crippen LogP contribution in [0.2, 0.25) is 0 Å². The molecule has 1 fully saturated rings. The number of carbonyl (C=O) groups is 1. The Morgan fingerprint density at radius 3 is 2.33 bits per heavy atom. The van der Waals surface area contributed by atoms with E-state index in [0.29, 0.717) is 60.9 Å². The van der Waals surface area contributed by atoms with Crippen molar-refractivity contribution in [3.8, 4) is 28.4 Å². The number of aromatic nitrogens is 1. The lowest BCUT2D eigenvalue weighted by molar-refractivity contribution is 0.0667. The first kappa shape index (κ1) is 25.4. The Bertz CT molecular complexity index is 1200. The zero-order valence-electron chi connectivity index (χ0n) is 21.3. The monoisotopic (exact) mass is 493 g/mol. The van der Waals surface area contributed by atoms with Crippen molar-refractivity contribution >= 4 is 5.91 Å². The standard InChI is InChI=1S/C28H35N3O5/c1-4-5-12-20-23(24-21(35-2)13-9-14-22(24)36-3)26(32)25(27(33)29-20)28(34)31-17-15-30(16-18-31)19-10-7-6-8-11-19/h7,9-11,13-14H,4-6,8,12,15-18H2,1-3H3,(H2,29,32,33). The molecule has 1 amide bonds. The number of ether oxygens (including phenoxy) is 2. The minimum atomic E-state index is -0.582. The maximum Gasteiger partial charge on any atom is 0.264 e. The number of pyridine rings is 1. The van der Waals surface area contributed by atoms with Gasteiger partial charge < -0.3 is 29.4 Å². The second-order valence-electron chi connectivity index (χ2n) is 9.06. The molecule has 1 saturated heterocycles. The topological polar surface area (TPSA) is 95.1 Å². The Hall–Kier alpha value is -3.68. The maximum atomic E-state index is 13.6. The van der Waals surface area contributed by atoms with Crippen molar-refractivity contribution in [2.75, 3.05) is 40.4 Å². The molecule has 0 atom stereocenters. The van der Waals surface area contributed by atoms with Crippen LogP contribution in [0.4, 0.5) is 0 Å². The minimum absolute atomic E-state index is 0.247. The fourth-order valence-electron chi connectivity index (χ4n) is 4.90. The third kappa shape index (κ3) is 4.98. The number of allylic oxidation sites excluding steroid dienone is 3. The van der Waals surface area contributed by atoms with Gasteiger partial charge in [-0.15, -0.1) is 0 Å². The van der Waals surface area contributed by atoms with Gasteiger partial charge in [-0.05, 0) is 43.9 Å². The highest BCUT2D eigenvalue weighted by molar-refractivity contribution is 6.00. The van der Waals surface area contributed by atoms with Crippen LogP contribution in [-0.2, 0) is 6.42 Å². The molecule has 0 spiro atoms. The van der Waals surface area contributed by atoms with Crippen LogP contribution in [0.3, 0.4) is 0 Å². The van der Waals surface area contributed by atoms with Crippen molar-refractivity contribution in [2.24, 2.45) is 0 Å². The molecule has 0 radical (unpaired) electrons. The second-order valence-corrected chi connectivity index (χ2v) is 9.06. The van der Waals surface area contributed by atoms with Crippen LogP contribution in [0, 0.1) is 0 Å². The predicted octanol–water partition coefficient (Wildman–Crippen LogP) is 4.10. The van der Waals surface area contributed by atoms with Crippen LogP contribution < -0.4 is 15.0 Å². The van der Waals surface area contributed by atoms with Gasteiger partial charge in [-0.25, -0.2) is 0 Å². The number of hydrogen-bond acceptors (Lipinski definition) is 6. The quantitative estimate of drug-likeness (QED) is 0.575. The number of hydrogen-bond donors (Lipinski definition) is 2. The smallest absolute Gasteiger partial charge is 0.264 e. The number of aryl methyl sites for hydroxylation is 1. The molecule has 2 heterocycles. The molecule has 0 bridgehead atoms. The Kier molecular flexibility index (Phi) is 8.03. The number of piperazine rings is 1. The number of rotatable bonds is 8. The molecule has 1 aliphatic carbocycles. The lowest BCUT2D eigenvalue weighted by Crippen LogP contribution is -2.49. The van der Waals surface area contributed by atoms with Crippen molar-refractivity contribution < 1.29 is 19.4 Å². The van der Waals surface area contributed by atoms with E-state index < -0.39 is 11.5 Å². The first-order valence-electron chi connectivity index (χ1n) is 12.6. The Balaban J connectivity index is 1.72. The van der Waals surface area contributed by atoms with E-state index in [4.69, 9.17) is 9.47 Å². The minimum Gasteiger partial charge on any atom is -0.506 e. The Labute approximate surface area is 211 Å². The summed E-state index contributed by atoms with van der Waals surface area (Å²) in [5.74, 6) is 0.155. The van der Waals surface area contributed by atoms with Gasteiger partial charge in [-0.2, -0.15) is 0 Å². The normalized spacial score (nSPS) is 15.6. The number of benzene rings is 1. The van der Waals surface area contributed by atoms with Gasteiger partial charge in [0.2, 0.25) is 0 Å². The molecule has 2 N–H and O–H groups in total. The first-order valence-corrected chi connectivity index (χ1v) is 12.6. The molecule has 8 nitrogen and oxygen atoms in total. The van der Waals surface area contributed by atoms with E-state index in [1.54, 1.807) is 23.1 Å². The summed E-state index contributed by atoms with van der Waals surface area (Å²) in [6.45, 7) is 4.32. The zero-order valence-corrected chi connectivity index (χ0v) is 21.3. The number of nitrogens with one attached hydrogen (secondary N) is 1. The van der Waals surface area contributed by atoms with Crippen molar-refractivity contribution in [3.05, 3.63) is 63.7 Å². The van der Waals surface area contributed by atoms with Crippen molar-refractivity contribution in [2.45, 2.75) is 39.0 Å². The summed E-state index contributed by atoms with van der Waals surface area (Å²) in [5.41, 5.74) is 1.79. The van der Waals surface area contributed by atoms with E-state index >= 15 is 0 Å². The molecule has 2 aromatic rings. The third-order valence-corrected chi connectivity index (χ3v) is 6.85. The van der Waals surface area contributed by atoms with Crippen LogP contribution in [0.25, 0.3) is 11.1 Å². The average Bonchev–Trinajstić information content (AvgIpc) is 2.92. The van der Waals surface area contributed by atoms with Gasteiger partial charge in [0.15, 0.2) is 0 Å². The Morgan fingerprint density at radius 1 is 1.06 bits per heavy atom. The molecule has 0 saturated carbocycles. The summed E-state index contributed by atoms with van der Waals surface area (Å²) in [6, 6.07) is 5.32. The first-order chi connectivity index (χ1) is 17.5. The molecular formula is C28H35N3O5. The lowest BCUT2D eigenvalue weighted by Gasteiger charge is -2.37. The lowest BCUT2D eigenvalue weighted by atomic mass is 9.95. The van der Waals surface area contributed by atoms with Gasteiger partial charge in [0.05, 0.1) is 25.3 Å². The van der Waals surface area contributed by atoms with Crippen LogP contribution >= 0.6 is 0 Å². The summed E-state index contributed by atoms with van der Waals surface area (Å²) in [7, 11) is 3.07. The van der Waals surface area contributed by atoms with Gasteiger partial charge in [0.1, 0.15) is 22.8 Å². The number of aromatic amines is 1. The van der Waals surface area contributed by atoms with Crippen molar-refractivity contribution in [1.29, 1.82) is 0 Å². The fourth-order valence-corrected chi connectivity index (χ4v) is 4.90. The van der Waals surface area contributed by atoms with Gasteiger partial charge >= 0.3 is 0 Å². The van der Waals surface area contributed by atoms with Crippen molar-refractivity contribution in [1.82, 2.24) is 14.8 Å². The van der Waals surface area contributed by atoms with Gasteiger partial charge in [0.25, 0.3) is 11.5 Å². The number of carbonyl (C=O) groups excluding carboxylic acids is 1.